The van der Waals surface area contributed by atoms with Gasteiger partial charge in [-0.15, -0.1) is 0 Å². The average Bonchev–Trinajstić information content (AvgIpc) is 3.21. The highest BCUT2D eigenvalue weighted by Crippen LogP contribution is 2.30. The molecule has 1 aliphatic carbocycles. The molecule has 1 amide bonds. The van der Waals surface area contributed by atoms with Crippen molar-refractivity contribution in [3.63, 3.8) is 0 Å². The zero-order valence-electron chi connectivity index (χ0n) is 10.9. The fraction of sp³-hybridized carbons (Fsp3) is 0.533. The first-order valence-electron chi connectivity index (χ1n) is 6.82. The topological polar surface area (TPSA) is 32.3 Å². The SMILES string of the molecule is CN(CC1CC1)C(=O)C1NCCc2ccccc21. The average molecular weight is 244 g/mol. The summed E-state index contributed by atoms with van der Waals surface area (Å²) in [6.07, 6.45) is 3.59. The highest BCUT2D eigenvalue weighted by Gasteiger charge is 2.31. The summed E-state index contributed by atoms with van der Waals surface area (Å²) >= 11 is 0. The van der Waals surface area contributed by atoms with Gasteiger partial charge in [0.25, 0.3) is 0 Å². The molecule has 2 aliphatic rings. The van der Waals surface area contributed by atoms with Crippen LogP contribution in [0, 0.1) is 5.92 Å². The summed E-state index contributed by atoms with van der Waals surface area (Å²) < 4.78 is 0. The number of amides is 1. The van der Waals surface area contributed by atoms with E-state index in [1.165, 1.54) is 18.4 Å². The van der Waals surface area contributed by atoms with E-state index in [1.807, 2.05) is 18.0 Å². The molecule has 3 rings (SSSR count). The van der Waals surface area contributed by atoms with Crippen LogP contribution in [0.5, 0.6) is 0 Å². The minimum atomic E-state index is -0.140. The molecule has 96 valence electrons. The van der Waals surface area contributed by atoms with Gasteiger partial charge in [-0.1, -0.05) is 24.3 Å². The third-order valence-electron chi connectivity index (χ3n) is 3.96. The first kappa shape index (κ1) is 11.7. The van der Waals surface area contributed by atoms with Gasteiger partial charge in [-0.2, -0.15) is 0 Å². The lowest BCUT2D eigenvalue weighted by molar-refractivity contribution is -0.132. The minimum Gasteiger partial charge on any atom is -0.344 e. The van der Waals surface area contributed by atoms with Crippen LogP contribution in [0.2, 0.25) is 0 Å². The van der Waals surface area contributed by atoms with E-state index < -0.39 is 0 Å². The number of nitrogens with zero attached hydrogens (tertiary/aromatic N) is 1. The number of rotatable bonds is 3. The summed E-state index contributed by atoms with van der Waals surface area (Å²) in [5, 5.41) is 3.36. The maximum absolute atomic E-state index is 12.5. The third kappa shape index (κ3) is 2.27. The molecule has 1 aliphatic heterocycles. The Labute approximate surface area is 108 Å². The number of hydrogen-bond donors (Lipinski definition) is 1. The standard InChI is InChI=1S/C15H20N2O/c1-17(10-11-6-7-11)15(18)14-13-5-3-2-4-12(13)8-9-16-14/h2-5,11,14,16H,6-10H2,1H3. The lowest BCUT2D eigenvalue weighted by Gasteiger charge is -2.29. The van der Waals surface area contributed by atoms with Crippen LogP contribution in [0.15, 0.2) is 24.3 Å². The molecule has 0 bridgehead atoms. The molecule has 0 radical (unpaired) electrons. The quantitative estimate of drug-likeness (QED) is 0.878. The van der Waals surface area contributed by atoms with Gasteiger partial charge in [0.1, 0.15) is 6.04 Å². The van der Waals surface area contributed by atoms with Gasteiger partial charge in [-0.05, 0) is 36.3 Å². The van der Waals surface area contributed by atoms with Crippen molar-refractivity contribution in [3.8, 4) is 0 Å². The summed E-state index contributed by atoms with van der Waals surface area (Å²) in [7, 11) is 1.93. The van der Waals surface area contributed by atoms with E-state index >= 15 is 0 Å². The molecular formula is C15H20N2O. The lowest BCUT2D eigenvalue weighted by Crippen LogP contribution is -2.42. The lowest BCUT2D eigenvalue weighted by atomic mass is 9.93. The van der Waals surface area contributed by atoms with Crippen molar-refractivity contribution in [1.82, 2.24) is 10.2 Å². The monoisotopic (exact) mass is 244 g/mol. The van der Waals surface area contributed by atoms with Gasteiger partial charge in [0.05, 0.1) is 0 Å². The van der Waals surface area contributed by atoms with Crippen molar-refractivity contribution in [1.29, 1.82) is 0 Å². The van der Waals surface area contributed by atoms with Crippen LogP contribution in [0.25, 0.3) is 0 Å². The van der Waals surface area contributed by atoms with Crippen LogP contribution >= 0.6 is 0 Å². The van der Waals surface area contributed by atoms with Gasteiger partial charge in [-0.3, -0.25) is 4.79 Å². The number of fused-ring (bicyclic) bond motifs is 1. The van der Waals surface area contributed by atoms with Crippen molar-refractivity contribution in [2.45, 2.75) is 25.3 Å². The van der Waals surface area contributed by atoms with Crippen molar-refractivity contribution in [3.05, 3.63) is 35.4 Å². The van der Waals surface area contributed by atoms with Gasteiger partial charge in [-0.25, -0.2) is 0 Å². The maximum atomic E-state index is 12.5. The molecule has 1 aromatic rings. The smallest absolute Gasteiger partial charge is 0.244 e. The Morgan fingerprint density at radius 3 is 2.94 bits per heavy atom. The first-order valence-corrected chi connectivity index (χ1v) is 6.82. The van der Waals surface area contributed by atoms with Crippen LogP contribution in [-0.2, 0) is 11.2 Å². The highest BCUT2D eigenvalue weighted by atomic mass is 16.2. The second-order valence-corrected chi connectivity index (χ2v) is 5.50. The largest absolute Gasteiger partial charge is 0.344 e. The summed E-state index contributed by atoms with van der Waals surface area (Å²) in [6.45, 7) is 1.81. The number of carbonyl (C=O) groups excluding carboxylic acids is 1. The molecule has 3 heteroatoms. The molecule has 1 N–H and O–H groups in total. The Balaban J connectivity index is 1.77. The normalized spacial score (nSPS) is 22.4. The molecule has 0 spiro atoms. The van der Waals surface area contributed by atoms with Crippen molar-refractivity contribution < 1.29 is 4.79 Å². The second-order valence-electron chi connectivity index (χ2n) is 5.50. The Bertz CT molecular complexity index is 454. The number of carbonyl (C=O) groups is 1. The van der Waals surface area contributed by atoms with E-state index in [0.717, 1.165) is 31.0 Å². The zero-order valence-corrected chi connectivity index (χ0v) is 10.9. The summed E-state index contributed by atoms with van der Waals surface area (Å²) in [4.78, 5) is 14.4. The van der Waals surface area contributed by atoms with E-state index in [2.05, 4.69) is 23.5 Å². The summed E-state index contributed by atoms with van der Waals surface area (Å²) in [5.41, 5.74) is 2.48. The summed E-state index contributed by atoms with van der Waals surface area (Å²) in [6, 6.07) is 8.15. The van der Waals surface area contributed by atoms with Crippen LogP contribution in [0.1, 0.15) is 30.0 Å². The molecular weight excluding hydrogens is 224 g/mol. The number of nitrogens with one attached hydrogen (secondary N) is 1. The minimum absolute atomic E-state index is 0.140. The van der Waals surface area contributed by atoms with Gasteiger partial charge >= 0.3 is 0 Å². The predicted octanol–water partition coefficient (Wildman–Crippen LogP) is 1.74. The van der Waals surface area contributed by atoms with Crippen LogP contribution in [0.4, 0.5) is 0 Å². The second kappa shape index (κ2) is 4.73. The molecule has 3 nitrogen and oxygen atoms in total. The van der Waals surface area contributed by atoms with Crippen LogP contribution in [-0.4, -0.2) is 30.9 Å². The Morgan fingerprint density at radius 1 is 1.39 bits per heavy atom. The fourth-order valence-corrected chi connectivity index (χ4v) is 2.72. The predicted molar refractivity (Wildman–Crippen MR) is 71.3 cm³/mol. The zero-order chi connectivity index (χ0) is 12.5. The first-order chi connectivity index (χ1) is 8.75. The molecule has 1 atom stereocenters. The number of likely N-dealkylation sites (N-methyl/N-ethyl adjacent to an activating group) is 1. The van der Waals surface area contributed by atoms with E-state index in [-0.39, 0.29) is 11.9 Å². The molecule has 0 saturated heterocycles. The van der Waals surface area contributed by atoms with E-state index in [1.54, 1.807) is 0 Å². The number of benzene rings is 1. The molecule has 1 unspecified atom stereocenters. The van der Waals surface area contributed by atoms with Crippen molar-refractivity contribution >= 4 is 5.91 Å². The highest BCUT2D eigenvalue weighted by molar-refractivity contribution is 5.83. The van der Waals surface area contributed by atoms with Crippen molar-refractivity contribution in [2.24, 2.45) is 5.92 Å². The molecule has 18 heavy (non-hydrogen) atoms. The third-order valence-corrected chi connectivity index (χ3v) is 3.96. The Morgan fingerprint density at radius 2 is 2.17 bits per heavy atom. The Kier molecular flexibility index (Phi) is 3.08. The van der Waals surface area contributed by atoms with Crippen LogP contribution in [0.3, 0.4) is 0 Å². The molecule has 1 fully saturated rings. The number of hydrogen-bond acceptors (Lipinski definition) is 2. The van der Waals surface area contributed by atoms with E-state index in [9.17, 15) is 4.79 Å². The van der Waals surface area contributed by atoms with Crippen LogP contribution < -0.4 is 5.32 Å². The molecule has 1 heterocycles. The van der Waals surface area contributed by atoms with Crippen molar-refractivity contribution in [2.75, 3.05) is 20.1 Å². The van der Waals surface area contributed by atoms with Gasteiger partial charge in [0, 0.05) is 20.1 Å². The molecule has 1 aromatic carbocycles. The fourth-order valence-electron chi connectivity index (χ4n) is 2.72. The maximum Gasteiger partial charge on any atom is 0.244 e. The van der Waals surface area contributed by atoms with Gasteiger partial charge < -0.3 is 10.2 Å². The van der Waals surface area contributed by atoms with E-state index in [4.69, 9.17) is 0 Å². The summed E-state index contributed by atoms with van der Waals surface area (Å²) in [5.74, 6) is 0.965. The van der Waals surface area contributed by atoms with Gasteiger partial charge in [0.2, 0.25) is 5.91 Å². The molecule has 0 aromatic heterocycles. The van der Waals surface area contributed by atoms with Gasteiger partial charge in [0.15, 0.2) is 0 Å². The molecule has 1 saturated carbocycles. The Hall–Kier alpha value is -1.35. The van der Waals surface area contributed by atoms with E-state index in [0.29, 0.717) is 0 Å².